The van der Waals surface area contributed by atoms with Gasteiger partial charge >= 0.3 is 0 Å². The number of nitrogen functional groups attached to an aromatic ring is 1. The number of anilines is 2. The third-order valence-electron chi connectivity index (χ3n) is 4.52. The quantitative estimate of drug-likeness (QED) is 0.688. The number of hydrogen-bond acceptors (Lipinski definition) is 7. The van der Waals surface area contributed by atoms with Crippen molar-refractivity contribution in [2.24, 2.45) is 5.92 Å². The maximum atomic E-state index is 9.95. The Morgan fingerprint density at radius 1 is 1.35 bits per heavy atom. The third-order valence-corrected chi connectivity index (χ3v) is 4.52. The van der Waals surface area contributed by atoms with Crippen molar-refractivity contribution >= 4 is 22.9 Å². The Morgan fingerprint density at radius 3 is 2.78 bits per heavy atom. The highest BCUT2D eigenvalue weighted by Crippen LogP contribution is 2.34. The standard InChI is InChI=1S/C15H20N6O2/c1-15(23)6-20(7-15)12-11-13(19-14(16)18-12)21(8-17-11)10-3-2-9(4-10)5-22/h2-3,8-10,22-23H,4-7H2,1H3,(H2,16,18,19)/t9-,10+/m1/s1. The summed E-state index contributed by atoms with van der Waals surface area (Å²) in [6.45, 7) is 2.94. The predicted octanol–water partition coefficient (Wildman–Crippen LogP) is 0.0890. The fourth-order valence-electron chi connectivity index (χ4n) is 3.40. The number of β-amino-alcohol motifs (C(OH)–C–C–N with tert-alkyl or cyclic N) is 1. The second-order valence-corrected chi connectivity index (χ2v) is 6.71. The Kier molecular flexibility index (Phi) is 3.07. The number of imidazole rings is 1. The highest BCUT2D eigenvalue weighted by Gasteiger charge is 2.39. The van der Waals surface area contributed by atoms with E-state index in [1.807, 2.05) is 15.5 Å². The Hall–Kier alpha value is -2.19. The topological polar surface area (TPSA) is 113 Å². The van der Waals surface area contributed by atoms with E-state index in [-0.39, 0.29) is 24.5 Å². The van der Waals surface area contributed by atoms with Crippen molar-refractivity contribution in [3.8, 4) is 0 Å². The average Bonchev–Trinajstić information content (AvgIpc) is 3.09. The molecule has 2 aliphatic rings. The van der Waals surface area contributed by atoms with E-state index >= 15 is 0 Å². The van der Waals surface area contributed by atoms with Gasteiger partial charge in [0.2, 0.25) is 5.95 Å². The molecule has 1 aliphatic carbocycles. The lowest BCUT2D eigenvalue weighted by molar-refractivity contribution is 0.0307. The minimum Gasteiger partial charge on any atom is -0.396 e. The van der Waals surface area contributed by atoms with Crippen LogP contribution in [0.5, 0.6) is 0 Å². The summed E-state index contributed by atoms with van der Waals surface area (Å²) in [6, 6.07) is 0.110. The molecule has 2 atom stereocenters. The van der Waals surface area contributed by atoms with Gasteiger partial charge in [0.25, 0.3) is 0 Å². The van der Waals surface area contributed by atoms with Crippen LogP contribution in [0.3, 0.4) is 0 Å². The molecule has 3 heterocycles. The van der Waals surface area contributed by atoms with Crippen molar-refractivity contribution in [1.29, 1.82) is 0 Å². The zero-order valence-electron chi connectivity index (χ0n) is 12.9. The van der Waals surface area contributed by atoms with E-state index in [0.29, 0.717) is 30.1 Å². The zero-order valence-corrected chi connectivity index (χ0v) is 12.9. The van der Waals surface area contributed by atoms with Gasteiger partial charge in [-0.05, 0) is 13.3 Å². The lowest BCUT2D eigenvalue weighted by Crippen LogP contribution is -2.60. The van der Waals surface area contributed by atoms with Gasteiger partial charge in [0, 0.05) is 25.6 Å². The highest BCUT2D eigenvalue weighted by molar-refractivity contribution is 5.85. The lowest BCUT2D eigenvalue weighted by atomic mass is 9.97. The summed E-state index contributed by atoms with van der Waals surface area (Å²) in [7, 11) is 0. The van der Waals surface area contributed by atoms with Crippen LogP contribution in [0.15, 0.2) is 18.5 Å². The summed E-state index contributed by atoms with van der Waals surface area (Å²) >= 11 is 0. The summed E-state index contributed by atoms with van der Waals surface area (Å²) in [4.78, 5) is 15.1. The number of nitrogens with two attached hydrogens (primary N) is 1. The molecule has 1 aliphatic heterocycles. The number of fused-ring (bicyclic) bond motifs is 1. The molecule has 122 valence electrons. The predicted molar refractivity (Wildman–Crippen MR) is 85.9 cm³/mol. The molecule has 8 nitrogen and oxygen atoms in total. The van der Waals surface area contributed by atoms with E-state index in [1.54, 1.807) is 13.3 Å². The minimum atomic E-state index is -0.697. The van der Waals surface area contributed by atoms with Gasteiger partial charge in [-0.2, -0.15) is 9.97 Å². The van der Waals surface area contributed by atoms with Crippen LogP contribution < -0.4 is 10.6 Å². The van der Waals surface area contributed by atoms with Gasteiger partial charge in [-0.15, -0.1) is 0 Å². The van der Waals surface area contributed by atoms with Crippen LogP contribution >= 0.6 is 0 Å². The van der Waals surface area contributed by atoms with Crippen molar-refractivity contribution in [3.63, 3.8) is 0 Å². The number of nitrogens with zero attached hydrogens (tertiary/aromatic N) is 5. The van der Waals surface area contributed by atoms with Crippen LogP contribution in [-0.2, 0) is 0 Å². The van der Waals surface area contributed by atoms with Crippen LogP contribution in [0.25, 0.3) is 11.2 Å². The van der Waals surface area contributed by atoms with Crippen LogP contribution in [0.2, 0.25) is 0 Å². The number of hydrogen-bond donors (Lipinski definition) is 3. The molecule has 2 aromatic rings. The second-order valence-electron chi connectivity index (χ2n) is 6.71. The molecule has 0 unspecified atom stereocenters. The van der Waals surface area contributed by atoms with Crippen molar-refractivity contribution in [2.45, 2.75) is 25.0 Å². The molecule has 0 aromatic carbocycles. The Morgan fingerprint density at radius 2 is 2.13 bits per heavy atom. The van der Waals surface area contributed by atoms with E-state index in [2.05, 4.69) is 21.0 Å². The molecular weight excluding hydrogens is 296 g/mol. The Bertz CT molecular complexity index is 776. The van der Waals surface area contributed by atoms with Gasteiger partial charge in [-0.25, -0.2) is 4.98 Å². The SMILES string of the molecule is CC1(O)CN(c2nc(N)nc3c2ncn3[C@H]2C=C[C@@H](CO)C2)C1. The number of allylic oxidation sites excluding steroid dienone is 1. The smallest absolute Gasteiger partial charge is 0.224 e. The van der Waals surface area contributed by atoms with Crippen LogP contribution in [-0.4, -0.2) is 55.0 Å². The molecule has 1 fully saturated rings. The molecule has 8 heteroatoms. The van der Waals surface area contributed by atoms with Crippen LogP contribution in [0.1, 0.15) is 19.4 Å². The first-order valence-electron chi connectivity index (χ1n) is 7.73. The van der Waals surface area contributed by atoms with Crippen LogP contribution in [0.4, 0.5) is 11.8 Å². The zero-order chi connectivity index (χ0) is 16.2. The van der Waals surface area contributed by atoms with Crippen molar-refractivity contribution in [3.05, 3.63) is 18.5 Å². The van der Waals surface area contributed by atoms with Gasteiger partial charge in [-0.3, -0.25) is 0 Å². The van der Waals surface area contributed by atoms with Gasteiger partial charge in [0.05, 0.1) is 18.0 Å². The monoisotopic (exact) mass is 316 g/mol. The number of aromatic nitrogens is 4. The number of aliphatic hydroxyl groups is 2. The molecule has 0 saturated carbocycles. The summed E-state index contributed by atoms with van der Waals surface area (Å²) in [6.07, 6.45) is 6.65. The average molecular weight is 316 g/mol. The summed E-state index contributed by atoms with van der Waals surface area (Å²) in [5.41, 5.74) is 6.56. The molecule has 2 aromatic heterocycles. The first-order valence-corrected chi connectivity index (χ1v) is 7.73. The Balaban J connectivity index is 1.73. The van der Waals surface area contributed by atoms with E-state index in [1.165, 1.54) is 0 Å². The van der Waals surface area contributed by atoms with Gasteiger partial charge in [-0.1, -0.05) is 12.2 Å². The fraction of sp³-hybridized carbons (Fsp3) is 0.533. The van der Waals surface area contributed by atoms with Crippen molar-refractivity contribution in [1.82, 2.24) is 19.5 Å². The summed E-state index contributed by atoms with van der Waals surface area (Å²) < 4.78 is 1.97. The molecule has 0 bridgehead atoms. The van der Waals surface area contributed by atoms with E-state index < -0.39 is 5.60 Å². The van der Waals surface area contributed by atoms with Gasteiger partial charge in [0.15, 0.2) is 17.0 Å². The molecule has 0 radical (unpaired) electrons. The molecule has 23 heavy (non-hydrogen) atoms. The van der Waals surface area contributed by atoms with E-state index in [9.17, 15) is 10.2 Å². The first-order chi connectivity index (χ1) is 11.0. The molecular formula is C15H20N6O2. The minimum absolute atomic E-state index is 0.110. The maximum Gasteiger partial charge on any atom is 0.224 e. The fourth-order valence-corrected chi connectivity index (χ4v) is 3.40. The molecule has 1 saturated heterocycles. The molecule has 0 amide bonds. The number of aliphatic hydroxyl groups excluding tert-OH is 1. The summed E-state index contributed by atoms with van der Waals surface area (Å²) in [5.74, 6) is 1.03. The highest BCUT2D eigenvalue weighted by atomic mass is 16.3. The lowest BCUT2D eigenvalue weighted by Gasteiger charge is -2.44. The second kappa shape index (κ2) is 4.90. The van der Waals surface area contributed by atoms with Gasteiger partial charge in [0.1, 0.15) is 0 Å². The van der Waals surface area contributed by atoms with Crippen molar-refractivity contribution < 1.29 is 10.2 Å². The van der Waals surface area contributed by atoms with Crippen LogP contribution in [0, 0.1) is 5.92 Å². The number of rotatable bonds is 3. The third kappa shape index (κ3) is 2.34. The maximum absolute atomic E-state index is 9.95. The normalized spacial score (nSPS) is 26.0. The van der Waals surface area contributed by atoms with E-state index in [0.717, 1.165) is 6.42 Å². The van der Waals surface area contributed by atoms with E-state index in [4.69, 9.17) is 5.73 Å². The van der Waals surface area contributed by atoms with Gasteiger partial charge < -0.3 is 25.4 Å². The summed E-state index contributed by atoms with van der Waals surface area (Å²) in [5, 5.41) is 19.2. The first kappa shape index (κ1) is 14.4. The molecule has 4 rings (SSSR count). The molecule has 0 spiro atoms. The Labute approximate surface area is 133 Å². The largest absolute Gasteiger partial charge is 0.396 e. The molecule has 4 N–H and O–H groups in total. The van der Waals surface area contributed by atoms with Crippen molar-refractivity contribution in [2.75, 3.05) is 30.3 Å².